The zero-order valence-electron chi connectivity index (χ0n) is 16.4. The van der Waals surface area contributed by atoms with E-state index in [2.05, 4.69) is 15.2 Å². The molecule has 0 saturated carbocycles. The number of nitrogens with one attached hydrogen (secondary N) is 1. The number of benzene rings is 1. The predicted molar refractivity (Wildman–Crippen MR) is 107 cm³/mol. The standard InChI is InChI=1S/C20H23F2N5O3/c21-17(22)11-27-12-24-16-10-14(1-2-15(16)20(27)30)25-5-7-26(8-6-25)19(29)13-3-4-23-18(28)9-13/h1-2,10,12-13,17H,3-9,11H2,(H,23,28). The molecule has 8 nitrogen and oxygen atoms in total. The molecule has 1 unspecified atom stereocenters. The van der Waals surface area contributed by atoms with Crippen LogP contribution >= 0.6 is 0 Å². The van der Waals surface area contributed by atoms with E-state index >= 15 is 0 Å². The van der Waals surface area contributed by atoms with Crippen LogP contribution in [0.5, 0.6) is 0 Å². The summed E-state index contributed by atoms with van der Waals surface area (Å²) < 4.78 is 26.1. The highest BCUT2D eigenvalue weighted by Gasteiger charge is 2.31. The van der Waals surface area contributed by atoms with Gasteiger partial charge in [0.2, 0.25) is 11.8 Å². The molecule has 0 bridgehead atoms. The Morgan fingerprint density at radius 3 is 2.67 bits per heavy atom. The first kappa shape index (κ1) is 20.2. The van der Waals surface area contributed by atoms with E-state index in [1.165, 1.54) is 0 Å². The number of rotatable bonds is 4. The predicted octanol–water partition coefficient (Wildman–Crippen LogP) is 0.836. The molecule has 2 saturated heterocycles. The van der Waals surface area contributed by atoms with Crippen LogP contribution in [0.2, 0.25) is 0 Å². The topological polar surface area (TPSA) is 87.5 Å². The maximum Gasteiger partial charge on any atom is 0.261 e. The van der Waals surface area contributed by atoms with Crippen molar-refractivity contribution < 1.29 is 18.4 Å². The lowest BCUT2D eigenvalue weighted by Gasteiger charge is -2.38. The van der Waals surface area contributed by atoms with Crippen molar-refractivity contribution in [3.8, 4) is 0 Å². The highest BCUT2D eigenvalue weighted by Crippen LogP contribution is 2.22. The molecule has 10 heteroatoms. The summed E-state index contributed by atoms with van der Waals surface area (Å²) in [5, 5.41) is 3.04. The van der Waals surface area contributed by atoms with Gasteiger partial charge < -0.3 is 15.1 Å². The van der Waals surface area contributed by atoms with Gasteiger partial charge in [-0.1, -0.05) is 0 Å². The van der Waals surface area contributed by atoms with Crippen LogP contribution in [0.1, 0.15) is 12.8 Å². The number of amides is 2. The van der Waals surface area contributed by atoms with Crippen LogP contribution < -0.4 is 15.8 Å². The van der Waals surface area contributed by atoms with E-state index in [-0.39, 0.29) is 24.2 Å². The molecule has 1 N–H and O–H groups in total. The van der Waals surface area contributed by atoms with Crippen molar-refractivity contribution in [2.24, 2.45) is 5.92 Å². The molecule has 4 rings (SSSR count). The van der Waals surface area contributed by atoms with E-state index in [1.54, 1.807) is 18.2 Å². The second-order valence-electron chi connectivity index (χ2n) is 7.65. The molecule has 0 aliphatic carbocycles. The van der Waals surface area contributed by atoms with E-state index in [0.29, 0.717) is 50.0 Å². The summed E-state index contributed by atoms with van der Waals surface area (Å²) in [6.07, 6.45) is -0.552. The average molecular weight is 419 g/mol. The monoisotopic (exact) mass is 419 g/mol. The first-order valence-corrected chi connectivity index (χ1v) is 10.00. The number of hydrogen-bond acceptors (Lipinski definition) is 5. The van der Waals surface area contributed by atoms with Gasteiger partial charge in [-0.15, -0.1) is 0 Å². The van der Waals surface area contributed by atoms with Gasteiger partial charge in [-0.25, -0.2) is 13.8 Å². The minimum atomic E-state index is -2.62. The molecule has 2 aromatic rings. The molecular weight excluding hydrogens is 396 g/mol. The lowest BCUT2D eigenvalue weighted by molar-refractivity contribution is -0.140. The maximum absolute atomic E-state index is 12.7. The maximum atomic E-state index is 12.7. The number of nitrogens with zero attached hydrogens (tertiary/aromatic N) is 4. The van der Waals surface area contributed by atoms with Crippen molar-refractivity contribution in [3.05, 3.63) is 34.9 Å². The molecule has 2 fully saturated rings. The first-order valence-electron chi connectivity index (χ1n) is 10.00. The molecule has 0 radical (unpaired) electrons. The first-order chi connectivity index (χ1) is 14.4. The van der Waals surface area contributed by atoms with Crippen molar-refractivity contribution in [2.45, 2.75) is 25.8 Å². The highest BCUT2D eigenvalue weighted by molar-refractivity contribution is 5.87. The normalized spacial score (nSPS) is 20.0. The number of hydrogen-bond donors (Lipinski definition) is 1. The third-order valence-electron chi connectivity index (χ3n) is 5.70. The molecule has 1 aromatic carbocycles. The lowest BCUT2D eigenvalue weighted by Crippen LogP contribution is -2.52. The van der Waals surface area contributed by atoms with Gasteiger partial charge in [-0.05, 0) is 24.6 Å². The number of carbonyl (C=O) groups is 2. The fourth-order valence-corrected chi connectivity index (χ4v) is 4.06. The van der Waals surface area contributed by atoms with Crippen LogP contribution in [0.15, 0.2) is 29.3 Å². The third kappa shape index (κ3) is 4.12. The van der Waals surface area contributed by atoms with E-state index in [4.69, 9.17) is 0 Å². The molecule has 2 aliphatic rings. The molecular formula is C20H23F2N5O3. The molecule has 2 aliphatic heterocycles. The Morgan fingerprint density at radius 1 is 1.20 bits per heavy atom. The van der Waals surface area contributed by atoms with Crippen molar-refractivity contribution in [1.29, 1.82) is 0 Å². The number of aromatic nitrogens is 2. The van der Waals surface area contributed by atoms with E-state index in [1.807, 2.05) is 4.90 Å². The number of anilines is 1. The van der Waals surface area contributed by atoms with Crippen molar-refractivity contribution in [2.75, 3.05) is 37.6 Å². The van der Waals surface area contributed by atoms with Crippen LogP contribution in [0, 0.1) is 5.92 Å². The molecule has 30 heavy (non-hydrogen) atoms. The molecule has 1 aromatic heterocycles. The Labute approximate surface area is 171 Å². The van der Waals surface area contributed by atoms with Gasteiger partial charge in [0.05, 0.1) is 23.8 Å². The van der Waals surface area contributed by atoms with E-state index in [9.17, 15) is 23.2 Å². The zero-order valence-corrected chi connectivity index (χ0v) is 16.4. The Hall–Kier alpha value is -3.04. The second-order valence-corrected chi connectivity index (χ2v) is 7.65. The minimum Gasteiger partial charge on any atom is -0.368 e. The molecule has 160 valence electrons. The number of piperidine rings is 1. The molecule has 2 amide bonds. The molecule has 3 heterocycles. The van der Waals surface area contributed by atoms with Crippen LogP contribution in [0.3, 0.4) is 0 Å². The summed E-state index contributed by atoms with van der Waals surface area (Å²) in [5.74, 6) is -0.288. The van der Waals surface area contributed by atoms with Gasteiger partial charge in [-0.3, -0.25) is 19.0 Å². The van der Waals surface area contributed by atoms with Gasteiger partial charge in [-0.2, -0.15) is 0 Å². The number of fused-ring (bicyclic) bond motifs is 1. The summed E-state index contributed by atoms with van der Waals surface area (Å²) >= 11 is 0. The SMILES string of the molecule is O=C1CC(C(=O)N2CCN(c3ccc4c(=O)n(CC(F)F)cnc4c3)CC2)CCN1. The Bertz CT molecular complexity index is 1020. The number of alkyl halides is 2. The van der Waals surface area contributed by atoms with Crippen LogP contribution in [-0.4, -0.2) is 65.4 Å². The number of halogens is 2. The summed E-state index contributed by atoms with van der Waals surface area (Å²) in [5.41, 5.74) is 0.832. The number of piperazine rings is 1. The van der Waals surface area contributed by atoms with Gasteiger partial charge in [0.25, 0.3) is 12.0 Å². The lowest BCUT2D eigenvalue weighted by atomic mass is 9.95. The summed E-state index contributed by atoms with van der Waals surface area (Å²) in [6, 6.07) is 5.16. The highest BCUT2D eigenvalue weighted by atomic mass is 19.3. The Kier molecular flexibility index (Phi) is 5.65. The minimum absolute atomic E-state index is 0.0317. The van der Waals surface area contributed by atoms with Gasteiger partial charge >= 0.3 is 0 Å². The quantitative estimate of drug-likeness (QED) is 0.794. The molecule has 0 spiro atoms. The Morgan fingerprint density at radius 2 is 1.97 bits per heavy atom. The smallest absolute Gasteiger partial charge is 0.261 e. The van der Waals surface area contributed by atoms with Gasteiger partial charge in [0, 0.05) is 50.7 Å². The number of carbonyl (C=O) groups excluding carboxylic acids is 2. The fourth-order valence-electron chi connectivity index (χ4n) is 4.06. The average Bonchev–Trinajstić information content (AvgIpc) is 2.75. The largest absolute Gasteiger partial charge is 0.368 e. The van der Waals surface area contributed by atoms with Crippen LogP contribution in [0.4, 0.5) is 14.5 Å². The Balaban J connectivity index is 1.43. The second kappa shape index (κ2) is 8.37. The van der Waals surface area contributed by atoms with E-state index < -0.39 is 18.5 Å². The zero-order chi connectivity index (χ0) is 21.3. The summed E-state index contributed by atoms with van der Waals surface area (Å²) in [6.45, 7) is 2.22. The summed E-state index contributed by atoms with van der Waals surface area (Å²) in [7, 11) is 0. The third-order valence-corrected chi connectivity index (χ3v) is 5.70. The van der Waals surface area contributed by atoms with Gasteiger partial charge in [0.15, 0.2) is 0 Å². The van der Waals surface area contributed by atoms with Crippen LogP contribution in [0.25, 0.3) is 10.9 Å². The van der Waals surface area contributed by atoms with Crippen LogP contribution in [-0.2, 0) is 16.1 Å². The van der Waals surface area contributed by atoms with Gasteiger partial charge in [0.1, 0.15) is 0 Å². The molecule has 1 atom stereocenters. The van der Waals surface area contributed by atoms with Crippen molar-refractivity contribution >= 4 is 28.4 Å². The van der Waals surface area contributed by atoms with Crippen molar-refractivity contribution in [3.63, 3.8) is 0 Å². The van der Waals surface area contributed by atoms with E-state index in [0.717, 1.165) is 16.6 Å². The fraction of sp³-hybridized carbons (Fsp3) is 0.500. The summed E-state index contributed by atoms with van der Waals surface area (Å²) in [4.78, 5) is 44.7. The van der Waals surface area contributed by atoms with Crippen molar-refractivity contribution in [1.82, 2.24) is 19.8 Å².